The van der Waals surface area contributed by atoms with Crippen LogP contribution in [0.5, 0.6) is 0 Å². The van der Waals surface area contributed by atoms with E-state index in [0.29, 0.717) is 6.04 Å². The van der Waals surface area contributed by atoms with Gasteiger partial charge in [-0.1, -0.05) is 0 Å². The highest BCUT2D eigenvalue weighted by molar-refractivity contribution is 5.05. The molecule has 0 unspecified atom stereocenters. The third kappa shape index (κ3) is 3.93. The van der Waals surface area contributed by atoms with Crippen LogP contribution < -0.4 is 5.32 Å². The van der Waals surface area contributed by atoms with Crippen LogP contribution in [0.2, 0.25) is 0 Å². The van der Waals surface area contributed by atoms with Crippen molar-refractivity contribution in [2.45, 2.75) is 59.3 Å². The predicted octanol–water partition coefficient (Wildman–Crippen LogP) is 2.32. The van der Waals surface area contributed by atoms with E-state index in [-0.39, 0.29) is 5.54 Å². The summed E-state index contributed by atoms with van der Waals surface area (Å²) in [6.07, 6.45) is 8.00. The second kappa shape index (κ2) is 5.79. The Morgan fingerprint density at radius 2 is 1.95 bits per heavy atom. The van der Waals surface area contributed by atoms with Crippen molar-refractivity contribution in [3.8, 4) is 0 Å². The highest BCUT2D eigenvalue weighted by atomic mass is 15.3. The second-order valence-corrected chi connectivity index (χ2v) is 6.49. The molecule has 0 fully saturated rings. The zero-order valence-electron chi connectivity index (χ0n) is 13.1. The summed E-state index contributed by atoms with van der Waals surface area (Å²) in [6, 6.07) is 0.368. The summed E-state index contributed by atoms with van der Waals surface area (Å²) in [6.45, 7) is 12.4. The summed E-state index contributed by atoms with van der Waals surface area (Å²) in [7, 11) is 0. The average molecular weight is 275 g/mol. The molecule has 0 aliphatic rings. The Labute approximate surface area is 121 Å². The first-order valence-electron chi connectivity index (χ1n) is 7.11. The molecular weight excluding hydrogens is 250 g/mol. The lowest BCUT2D eigenvalue weighted by Gasteiger charge is -2.18. The van der Waals surface area contributed by atoms with Gasteiger partial charge in [0.15, 0.2) is 0 Å². The van der Waals surface area contributed by atoms with Crippen LogP contribution in [0.15, 0.2) is 24.8 Å². The Kier molecular flexibility index (Phi) is 4.28. The van der Waals surface area contributed by atoms with Gasteiger partial charge in [-0.3, -0.25) is 9.36 Å². The first-order valence-corrected chi connectivity index (χ1v) is 7.11. The molecule has 0 aliphatic heterocycles. The van der Waals surface area contributed by atoms with Crippen LogP contribution in [0, 0.1) is 6.92 Å². The molecule has 20 heavy (non-hydrogen) atoms. The van der Waals surface area contributed by atoms with Gasteiger partial charge in [-0.25, -0.2) is 0 Å². The molecular formula is C15H25N5. The lowest BCUT2D eigenvalue weighted by molar-refractivity contribution is 0.355. The van der Waals surface area contributed by atoms with Crippen LogP contribution in [-0.4, -0.2) is 25.6 Å². The minimum absolute atomic E-state index is 0.0381. The first kappa shape index (κ1) is 14.8. The monoisotopic (exact) mass is 275 g/mol. The van der Waals surface area contributed by atoms with Crippen LogP contribution in [0.1, 0.15) is 38.8 Å². The summed E-state index contributed by atoms with van der Waals surface area (Å²) in [5.41, 5.74) is 2.45. The van der Waals surface area contributed by atoms with Gasteiger partial charge in [0.2, 0.25) is 0 Å². The third-order valence-corrected chi connectivity index (χ3v) is 3.20. The molecule has 1 atom stereocenters. The van der Waals surface area contributed by atoms with Gasteiger partial charge in [-0.2, -0.15) is 10.2 Å². The number of aryl methyl sites for hydroxylation is 1. The Hall–Kier alpha value is -1.62. The van der Waals surface area contributed by atoms with Gasteiger partial charge < -0.3 is 5.32 Å². The molecule has 0 aliphatic carbocycles. The number of rotatable bonds is 5. The van der Waals surface area contributed by atoms with Crippen LogP contribution in [0.25, 0.3) is 0 Å². The Morgan fingerprint density at radius 1 is 1.20 bits per heavy atom. The smallest absolute Gasteiger partial charge is 0.0560 e. The van der Waals surface area contributed by atoms with E-state index in [9.17, 15) is 0 Å². The van der Waals surface area contributed by atoms with Crippen LogP contribution in [0.3, 0.4) is 0 Å². The van der Waals surface area contributed by atoms with Crippen molar-refractivity contribution in [2.24, 2.45) is 0 Å². The molecule has 0 saturated carbocycles. The van der Waals surface area contributed by atoms with Crippen LogP contribution >= 0.6 is 0 Å². The molecule has 0 spiro atoms. The zero-order chi connectivity index (χ0) is 14.8. The Bertz CT molecular complexity index is 547. The molecule has 2 aromatic heterocycles. The van der Waals surface area contributed by atoms with E-state index in [1.165, 1.54) is 11.1 Å². The Balaban J connectivity index is 1.84. The molecule has 110 valence electrons. The topological polar surface area (TPSA) is 47.7 Å². The summed E-state index contributed by atoms with van der Waals surface area (Å²) < 4.78 is 3.98. The van der Waals surface area contributed by atoms with Crippen LogP contribution in [-0.2, 0) is 18.6 Å². The molecule has 0 bridgehead atoms. The van der Waals surface area contributed by atoms with Crippen molar-refractivity contribution < 1.29 is 0 Å². The maximum Gasteiger partial charge on any atom is 0.0560 e. The quantitative estimate of drug-likeness (QED) is 0.911. The molecule has 0 amide bonds. The van der Waals surface area contributed by atoms with Gasteiger partial charge in [-0.15, -0.1) is 0 Å². The molecule has 1 N–H and O–H groups in total. The number of hydrogen-bond acceptors (Lipinski definition) is 3. The Morgan fingerprint density at radius 3 is 2.50 bits per heavy atom. The molecule has 2 heterocycles. The standard InChI is InChI=1S/C15H25N5/c1-12-6-17-19(9-12)10-13(2)16-7-14-8-18-20(11-14)15(3,4)5/h6,8-9,11,13,16H,7,10H2,1-5H3/t13-/m1/s1. The van der Waals surface area contributed by atoms with Gasteiger partial charge in [-0.05, 0) is 40.2 Å². The zero-order valence-corrected chi connectivity index (χ0v) is 13.1. The maximum atomic E-state index is 4.41. The van der Waals surface area contributed by atoms with Gasteiger partial charge in [0.1, 0.15) is 0 Å². The predicted molar refractivity (Wildman–Crippen MR) is 80.5 cm³/mol. The summed E-state index contributed by atoms with van der Waals surface area (Å²) in [4.78, 5) is 0. The maximum absolute atomic E-state index is 4.41. The minimum atomic E-state index is 0.0381. The van der Waals surface area contributed by atoms with E-state index in [4.69, 9.17) is 0 Å². The van der Waals surface area contributed by atoms with E-state index in [0.717, 1.165) is 13.1 Å². The third-order valence-electron chi connectivity index (χ3n) is 3.20. The highest BCUT2D eigenvalue weighted by Crippen LogP contribution is 2.13. The molecule has 5 heteroatoms. The summed E-state index contributed by atoms with van der Waals surface area (Å²) >= 11 is 0. The second-order valence-electron chi connectivity index (χ2n) is 6.49. The lowest BCUT2D eigenvalue weighted by atomic mass is 10.1. The SMILES string of the molecule is Cc1cnn(C[C@@H](C)NCc2cnn(C(C)(C)C)c2)c1. The largest absolute Gasteiger partial charge is 0.308 e. The molecule has 5 nitrogen and oxygen atoms in total. The summed E-state index contributed by atoms with van der Waals surface area (Å²) in [5, 5.41) is 12.2. The highest BCUT2D eigenvalue weighted by Gasteiger charge is 2.14. The minimum Gasteiger partial charge on any atom is -0.308 e. The van der Waals surface area contributed by atoms with E-state index < -0.39 is 0 Å². The molecule has 0 saturated heterocycles. The fraction of sp³-hybridized carbons (Fsp3) is 0.600. The summed E-state index contributed by atoms with van der Waals surface area (Å²) in [5.74, 6) is 0. The molecule has 0 aromatic carbocycles. The van der Waals surface area contributed by atoms with E-state index in [1.807, 2.05) is 21.8 Å². The van der Waals surface area contributed by atoms with Gasteiger partial charge >= 0.3 is 0 Å². The van der Waals surface area contributed by atoms with Crippen molar-refractivity contribution in [2.75, 3.05) is 0 Å². The van der Waals surface area contributed by atoms with Crippen molar-refractivity contribution in [3.05, 3.63) is 35.9 Å². The van der Waals surface area contributed by atoms with Gasteiger partial charge in [0.25, 0.3) is 0 Å². The van der Waals surface area contributed by atoms with Crippen molar-refractivity contribution in [1.29, 1.82) is 0 Å². The fourth-order valence-electron chi connectivity index (χ4n) is 2.02. The molecule has 0 radical (unpaired) electrons. The van der Waals surface area contributed by atoms with Crippen molar-refractivity contribution in [1.82, 2.24) is 24.9 Å². The number of nitrogens with zero attached hydrogens (tertiary/aromatic N) is 4. The van der Waals surface area contributed by atoms with Gasteiger partial charge in [0, 0.05) is 30.5 Å². The average Bonchev–Trinajstić information content (AvgIpc) is 2.95. The number of aromatic nitrogens is 4. The normalized spacial score (nSPS) is 13.7. The van der Waals surface area contributed by atoms with E-state index >= 15 is 0 Å². The molecule has 2 aromatic rings. The van der Waals surface area contributed by atoms with Crippen LogP contribution in [0.4, 0.5) is 0 Å². The van der Waals surface area contributed by atoms with E-state index in [1.54, 1.807) is 0 Å². The number of nitrogens with one attached hydrogen (secondary N) is 1. The van der Waals surface area contributed by atoms with E-state index in [2.05, 4.69) is 62.5 Å². The number of hydrogen-bond donors (Lipinski definition) is 1. The molecule has 2 rings (SSSR count). The van der Waals surface area contributed by atoms with Crippen molar-refractivity contribution >= 4 is 0 Å². The fourth-order valence-corrected chi connectivity index (χ4v) is 2.02. The van der Waals surface area contributed by atoms with Gasteiger partial charge in [0.05, 0.1) is 24.5 Å². The first-order chi connectivity index (χ1) is 9.34. The lowest BCUT2D eigenvalue weighted by Crippen LogP contribution is -2.30. The van der Waals surface area contributed by atoms with Crippen molar-refractivity contribution in [3.63, 3.8) is 0 Å².